The predicted octanol–water partition coefficient (Wildman–Crippen LogP) is 2.62. The van der Waals surface area contributed by atoms with Crippen LogP contribution in [-0.2, 0) is 0 Å². The fourth-order valence-electron chi connectivity index (χ4n) is 4.86. The van der Waals surface area contributed by atoms with Crippen LogP contribution in [0.15, 0.2) is 12.1 Å². The van der Waals surface area contributed by atoms with Crippen molar-refractivity contribution in [2.24, 2.45) is 0 Å². The molecule has 2 fully saturated rings. The van der Waals surface area contributed by atoms with Gasteiger partial charge in [0, 0.05) is 64.8 Å². The summed E-state index contributed by atoms with van der Waals surface area (Å²) in [5.41, 5.74) is 0.862. The van der Waals surface area contributed by atoms with E-state index in [2.05, 4.69) is 27.1 Å². The summed E-state index contributed by atoms with van der Waals surface area (Å²) in [6, 6.07) is 3.99. The van der Waals surface area contributed by atoms with Gasteiger partial charge in [0.1, 0.15) is 5.82 Å². The third-order valence-electron chi connectivity index (χ3n) is 6.99. The second-order valence-corrected chi connectivity index (χ2v) is 9.96. The lowest BCUT2D eigenvalue weighted by Crippen LogP contribution is -2.44. The highest BCUT2D eigenvalue weighted by atomic mass is 16.5. The van der Waals surface area contributed by atoms with Gasteiger partial charge in [0.25, 0.3) is 0 Å². The van der Waals surface area contributed by atoms with E-state index in [9.17, 15) is 0 Å². The number of likely N-dealkylation sites (N-methyl/N-ethyl adjacent to an activating group) is 1. The number of aromatic nitrogens is 2. The number of anilines is 2. The fraction of sp³-hybridized carbons (Fsp3) is 0.692. The third kappa shape index (κ3) is 7.08. The van der Waals surface area contributed by atoms with Gasteiger partial charge in [0.15, 0.2) is 11.5 Å². The minimum atomic E-state index is 0.657. The molecule has 2 aliphatic rings. The van der Waals surface area contributed by atoms with Crippen molar-refractivity contribution in [3.63, 3.8) is 0 Å². The monoisotopic (exact) mass is 485 g/mol. The number of methoxy groups -OCH3 is 1. The Hall–Kier alpha value is -2.36. The van der Waals surface area contributed by atoms with Crippen molar-refractivity contribution in [3.05, 3.63) is 12.1 Å². The number of rotatable bonds is 12. The second-order valence-electron chi connectivity index (χ2n) is 9.96. The number of nitrogens with zero attached hydrogens (tertiary/aromatic N) is 6. The summed E-state index contributed by atoms with van der Waals surface area (Å²) in [7, 11) is 7.89. The molecule has 0 radical (unpaired) electrons. The van der Waals surface area contributed by atoms with Crippen molar-refractivity contribution in [2.45, 2.75) is 25.7 Å². The number of piperazine rings is 1. The van der Waals surface area contributed by atoms with Crippen LogP contribution in [0.1, 0.15) is 25.7 Å². The molecular weight excluding hydrogens is 442 g/mol. The van der Waals surface area contributed by atoms with E-state index in [4.69, 9.17) is 19.4 Å². The van der Waals surface area contributed by atoms with Gasteiger partial charge in [-0.15, -0.1) is 0 Å². The zero-order valence-electron chi connectivity index (χ0n) is 22.1. The Morgan fingerprint density at radius 1 is 0.914 bits per heavy atom. The number of ether oxygens (including phenoxy) is 2. The average Bonchev–Trinajstić information content (AvgIpc) is 3.38. The molecule has 1 aromatic heterocycles. The first-order chi connectivity index (χ1) is 17.0. The molecule has 9 nitrogen and oxygen atoms in total. The number of hydrogen-bond acceptors (Lipinski definition) is 9. The molecule has 9 heteroatoms. The maximum atomic E-state index is 6.15. The van der Waals surface area contributed by atoms with E-state index in [1.54, 1.807) is 7.11 Å². The normalized spacial score (nSPS) is 17.7. The summed E-state index contributed by atoms with van der Waals surface area (Å²) in [6.45, 7) is 10.7. The molecule has 0 bridgehead atoms. The van der Waals surface area contributed by atoms with E-state index < -0.39 is 0 Å². The van der Waals surface area contributed by atoms with Crippen molar-refractivity contribution in [1.82, 2.24) is 24.7 Å². The van der Waals surface area contributed by atoms with Gasteiger partial charge in [0.05, 0.1) is 19.2 Å². The number of benzene rings is 1. The first-order valence-electron chi connectivity index (χ1n) is 13.1. The first kappa shape index (κ1) is 25.7. The molecular formula is C26H43N7O2. The number of nitrogens with one attached hydrogen (secondary N) is 1. The smallest absolute Gasteiger partial charge is 0.225 e. The summed E-state index contributed by atoms with van der Waals surface area (Å²) < 4.78 is 11.8. The minimum absolute atomic E-state index is 0.657. The molecule has 0 saturated carbocycles. The van der Waals surface area contributed by atoms with E-state index in [0.717, 1.165) is 86.9 Å². The minimum Gasteiger partial charge on any atom is -0.493 e. The van der Waals surface area contributed by atoms with E-state index in [1.165, 1.54) is 25.9 Å². The summed E-state index contributed by atoms with van der Waals surface area (Å²) in [6.07, 6.45) is 4.71. The molecule has 1 N–H and O–H groups in total. The molecule has 4 rings (SSSR count). The topological polar surface area (TPSA) is 69.2 Å². The summed E-state index contributed by atoms with van der Waals surface area (Å²) in [5, 5.41) is 4.41. The van der Waals surface area contributed by atoms with Gasteiger partial charge in [-0.1, -0.05) is 0 Å². The maximum absolute atomic E-state index is 6.15. The molecule has 0 aliphatic carbocycles. The standard InChI is InChI=1S/C26H43N7O2/c1-30(2)25-21-19-23(34-4)24(35-18-8-13-32-10-5-6-11-32)20-22(21)28-26(29-25)27-9-7-12-33-16-14-31(3)15-17-33/h19-20H,5-18H2,1-4H3,(H,27,28,29). The number of hydrogen-bond donors (Lipinski definition) is 1. The highest BCUT2D eigenvalue weighted by Crippen LogP contribution is 2.35. The van der Waals surface area contributed by atoms with E-state index >= 15 is 0 Å². The lowest BCUT2D eigenvalue weighted by atomic mass is 10.2. The van der Waals surface area contributed by atoms with Crippen LogP contribution in [0.4, 0.5) is 11.8 Å². The fourth-order valence-corrected chi connectivity index (χ4v) is 4.86. The van der Waals surface area contributed by atoms with Crippen LogP contribution in [0.2, 0.25) is 0 Å². The van der Waals surface area contributed by atoms with Crippen molar-refractivity contribution >= 4 is 22.7 Å². The Kier molecular flexibility index (Phi) is 9.23. The van der Waals surface area contributed by atoms with Gasteiger partial charge in [-0.2, -0.15) is 4.98 Å². The van der Waals surface area contributed by atoms with Crippen LogP contribution in [0.3, 0.4) is 0 Å². The molecule has 35 heavy (non-hydrogen) atoms. The summed E-state index contributed by atoms with van der Waals surface area (Å²) >= 11 is 0. The van der Waals surface area contributed by atoms with E-state index in [-0.39, 0.29) is 0 Å². The van der Waals surface area contributed by atoms with Gasteiger partial charge in [-0.25, -0.2) is 4.98 Å². The lowest BCUT2D eigenvalue weighted by Gasteiger charge is -2.32. The van der Waals surface area contributed by atoms with Crippen molar-refractivity contribution in [1.29, 1.82) is 0 Å². The molecule has 2 aromatic rings. The Balaban J connectivity index is 1.40. The zero-order valence-corrected chi connectivity index (χ0v) is 22.1. The van der Waals surface area contributed by atoms with Crippen LogP contribution in [0, 0.1) is 0 Å². The van der Waals surface area contributed by atoms with E-state index in [0.29, 0.717) is 12.6 Å². The first-order valence-corrected chi connectivity index (χ1v) is 13.1. The Labute approximate surface area is 210 Å². The Morgan fingerprint density at radius 2 is 1.63 bits per heavy atom. The highest BCUT2D eigenvalue weighted by molar-refractivity contribution is 5.93. The molecule has 0 atom stereocenters. The van der Waals surface area contributed by atoms with Gasteiger partial charge in [0.2, 0.25) is 5.95 Å². The quantitative estimate of drug-likeness (QED) is 0.457. The second kappa shape index (κ2) is 12.6. The molecule has 2 aliphatic heterocycles. The average molecular weight is 486 g/mol. The van der Waals surface area contributed by atoms with Crippen LogP contribution in [-0.4, -0.2) is 118 Å². The summed E-state index contributed by atoms with van der Waals surface area (Å²) in [4.78, 5) is 19.1. The molecule has 2 saturated heterocycles. The van der Waals surface area contributed by atoms with Crippen molar-refractivity contribution < 1.29 is 9.47 Å². The number of likely N-dealkylation sites (tertiary alicyclic amines) is 1. The van der Waals surface area contributed by atoms with Gasteiger partial charge < -0.3 is 34.4 Å². The summed E-state index contributed by atoms with van der Waals surface area (Å²) in [5.74, 6) is 2.99. The molecule has 1 aromatic carbocycles. The molecule has 3 heterocycles. The number of fused-ring (bicyclic) bond motifs is 1. The zero-order chi connectivity index (χ0) is 24.6. The van der Waals surface area contributed by atoms with E-state index in [1.807, 2.05) is 31.1 Å². The van der Waals surface area contributed by atoms with Gasteiger partial charge in [-0.05, 0) is 58.4 Å². The largest absolute Gasteiger partial charge is 0.493 e. The molecule has 0 unspecified atom stereocenters. The van der Waals surface area contributed by atoms with Crippen molar-refractivity contribution in [2.75, 3.05) is 104 Å². The van der Waals surface area contributed by atoms with Crippen LogP contribution in [0.25, 0.3) is 10.9 Å². The molecule has 194 valence electrons. The Bertz CT molecular complexity index is 941. The van der Waals surface area contributed by atoms with Crippen LogP contribution < -0.4 is 19.7 Å². The Morgan fingerprint density at radius 3 is 2.34 bits per heavy atom. The van der Waals surface area contributed by atoms with Crippen LogP contribution in [0.5, 0.6) is 11.5 Å². The van der Waals surface area contributed by atoms with Gasteiger partial charge in [-0.3, -0.25) is 0 Å². The van der Waals surface area contributed by atoms with Crippen molar-refractivity contribution in [3.8, 4) is 11.5 Å². The SMILES string of the molecule is COc1cc2c(N(C)C)nc(NCCCN3CCN(C)CC3)nc2cc1OCCCN1CCCC1. The van der Waals surface area contributed by atoms with Gasteiger partial charge >= 0.3 is 0 Å². The molecule has 0 amide bonds. The third-order valence-corrected chi connectivity index (χ3v) is 6.99. The van der Waals surface area contributed by atoms with Crippen LogP contribution >= 0.6 is 0 Å². The highest BCUT2D eigenvalue weighted by Gasteiger charge is 2.16. The predicted molar refractivity (Wildman–Crippen MR) is 143 cm³/mol. The maximum Gasteiger partial charge on any atom is 0.225 e. The molecule has 0 spiro atoms. The lowest BCUT2D eigenvalue weighted by molar-refractivity contribution is 0.154.